The number of hydrogen-bond acceptors (Lipinski definition) is 1. The Labute approximate surface area is 151 Å². The van der Waals surface area contributed by atoms with E-state index in [4.69, 9.17) is 0 Å². The Morgan fingerprint density at radius 3 is 1.75 bits per heavy atom. The van der Waals surface area contributed by atoms with Crippen LogP contribution in [0.1, 0.15) is 87.0 Å². The highest BCUT2D eigenvalue weighted by Gasteiger charge is 2.08. The van der Waals surface area contributed by atoms with Crippen molar-refractivity contribution in [3.05, 3.63) is 46.6 Å². The quantitative estimate of drug-likeness (QED) is 0.398. The molecule has 1 heteroatoms. The Hall–Kier alpha value is -1.08. The summed E-state index contributed by atoms with van der Waals surface area (Å²) in [6.07, 6.45) is 15.5. The zero-order chi connectivity index (χ0) is 18.5. The van der Waals surface area contributed by atoms with Crippen LogP contribution in [0.15, 0.2) is 46.6 Å². The highest BCUT2D eigenvalue weighted by atomic mass is 16.3. The highest BCUT2D eigenvalue weighted by molar-refractivity contribution is 5.08. The molecule has 0 heterocycles. The van der Waals surface area contributed by atoms with Crippen LogP contribution in [0.5, 0.6) is 0 Å². The zero-order valence-corrected chi connectivity index (χ0v) is 17.2. The fourth-order valence-corrected chi connectivity index (χ4v) is 2.79. The van der Waals surface area contributed by atoms with Gasteiger partial charge in [0.25, 0.3) is 0 Å². The van der Waals surface area contributed by atoms with Crippen molar-refractivity contribution in [2.45, 2.75) is 93.1 Å². The summed E-state index contributed by atoms with van der Waals surface area (Å²) in [6.45, 7) is 14.9. The summed E-state index contributed by atoms with van der Waals surface area (Å²) in [4.78, 5) is 0. The van der Waals surface area contributed by atoms with Gasteiger partial charge < -0.3 is 5.11 Å². The van der Waals surface area contributed by atoms with Gasteiger partial charge in [-0.25, -0.2) is 0 Å². The zero-order valence-electron chi connectivity index (χ0n) is 17.2. The minimum Gasteiger partial charge on any atom is -0.393 e. The van der Waals surface area contributed by atoms with E-state index in [2.05, 4.69) is 65.8 Å². The number of aliphatic hydroxyl groups excluding tert-OH is 1. The van der Waals surface area contributed by atoms with Gasteiger partial charge in [-0.1, -0.05) is 46.6 Å². The van der Waals surface area contributed by atoms with Gasteiger partial charge in [0.2, 0.25) is 0 Å². The van der Waals surface area contributed by atoms with Gasteiger partial charge in [0.15, 0.2) is 0 Å². The lowest BCUT2D eigenvalue weighted by atomic mass is 9.93. The molecule has 0 bridgehead atoms. The second-order valence-electron chi connectivity index (χ2n) is 7.78. The molecule has 0 aromatic rings. The minimum atomic E-state index is -0.240. The molecule has 0 aromatic heterocycles. The second kappa shape index (κ2) is 13.2. The smallest absolute Gasteiger partial charge is 0.0517 e. The molecule has 0 aliphatic heterocycles. The van der Waals surface area contributed by atoms with Crippen molar-refractivity contribution in [1.82, 2.24) is 0 Å². The third kappa shape index (κ3) is 14.5. The molecule has 0 radical (unpaired) electrons. The topological polar surface area (TPSA) is 20.2 Å². The lowest BCUT2D eigenvalue weighted by molar-refractivity contribution is 0.169. The number of rotatable bonds is 11. The molecule has 0 aromatic carbocycles. The number of aliphatic hydroxyl groups is 1. The monoisotopic (exact) mass is 332 g/mol. The normalized spacial score (nSPS) is 15.0. The van der Waals surface area contributed by atoms with E-state index >= 15 is 0 Å². The maximum atomic E-state index is 9.79. The average Bonchev–Trinajstić information content (AvgIpc) is 2.43. The molecule has 24 heavy (non-hydrogen) atoms. The molecule has 0 aliphatic rings. The molecule has 0 fully saturated rings. The Morgan fingerprint density at radius 1 is 0.792 bits per heavy atom. The summed E-state index contributed by atoms with van der Waals surface area (Å²) in [7, 11) is 0. The van der Waals surface area contributed by atoms with Crippen molar-refractivity contribution in [3.8, 4) is 0 Å². The maximum Gasteiger partial charge on any atom is 0.0517 e. The molecule has 1 N–H and O–H groups in total. The van der Waals surface area contributed by atoms with Crippen LogP contribution in [0.4, 0.5) is 0 Å². The minimum absolute atomic E-state index is 0.240. The SMILES string of the molecule is CC(C)=CCCC(C)=CCC(C=C(C)CCC=C(C)C)CC(C)O. The van der Waals surface area contributed by atoms with Crippen LogP contribution in [0.3, 0.4) is 0 Å². The van der Waals surface area contributed by atoms with Gasteiger partial charge in [-0.05, 0) is 92.9 Å². The summed E-state index contributed by atoms with van der Waals surface area (Å²) in [5.41, 5.74) is 5.68. The molecule has 0 saturated heterocycles. The molecule has 0 rings (SSSR count). The number of hydrogen-bond donors (Lipinski definition) is 1. The lowest BCUT2D eigenvalue weighted by Gasteiger charge is -2.15. The van der Waals surface area contributed by atoms with E-state index in [0.29, 0.717) is 5.92 Å². The second-order valence-corrected chi connectivity index (χ2v) is 7.78. The molecule has 0 spiro atoms. The van der Waals surface area contributed by atoms with E-state index in [0.717, 1.165) is 38.5 Å². The predicted octanol–water partition coefficient (Wildman–Crippen LogP) is 7.15. The van der Waals surface area contributed by atoms with Gasteiger partial charge in [0.05, 0.1) is 6.10 Å². The molecule has 1 nitrogen and oxygen atoms in total. The molecule has 0 saturated carbocycles. The van der Waals surface area contributed by atoms with Crippen LogP contribution in [0.2, 0.25) is 0 Å². The van der Waals surface area contributed by atoms with Gasteiger partial charge in [-0.15, -0.1) is 0 Å². The van der Waals surface area contributed by atoms with E-state index in [1.54, 1.807) is 0 Å². The molecular formula is C23H40O. The Bertz CT molecular complexity index is 452. The summed E-state index contributed by atoms with van der Waals surface area (Å²) in [5, 5.41) is 9.79. The van der Waals surface area contributed by atoms with Gasteiger partial charge in [-0.3, -0.25) is 0 Å². The van der Waals surface area contributed by atoms with Crippen LogP contribution >= 0.6 is 0 Å². The summed E-state index contributed by atoms with van der Waals surface area (Å²) < 4.78 is 0. The molecule has 2 unspecified atom stereocenters. The van der Waals surface area contributed by atoms with Crippen molar-refractivity contribution >= 4 is 0 Å². The first-order valence-corrected chi connectivity index (χ1v) is 9.48. The fraction of sp³-hybridized carbons (Fsp3) is 0.652. The van der Waals surface area contributed by atoms with Gasteiger partial charge in [0, 0.05) is 0 Å². The first kappa shape index (κ1) is 22.9. The molecular weight excluding hydrogens is 292 g/mol. The van der Waals surface area contributed by atoms with Crippen LogP contribution in [0.25, 0.3) is 0 Å². The van der Waals surface area contributed by atoms with E-state index in [-0.39, 0.29) is 6.10 Å². The van der Waals surface area contributed by atoms with Crippen molar-refractivity contribution in [2.24, 2.45) is 5.92 Å². The van der Waals surface area contributed by atoms with Crippen LogP contribution in [0, 0.1) is 5.92 Å². The molecule has 0 aliphatic carbocycles. The van der Waals surface area contributed by atoms with Crippen LogP contribution < -0.4 is 0 Å². The van der Waals surface area contributed by atoms with E-state index < -0.39 is 0 Å². The van der Waals surface area contributed by atoms with Crippen molar-refractivity contribution in [3.63, 3.8) is 0 Å². The first-order valence-electron chi connectivity index (χ1n) is 9.48. The fourth-order valence-electron chi connectivity index (χ4n) is 2.79. The van der Waals surface area contributed by atoms with Crippen molar-refractivity contribution in [1.29, 1.82) is 0 Å². The van der Waals surface area contributed by atoms with E-state index in [9.17, 15) is 5.11 Å². The van der Waals surface area contributed by atoms with Gasteiger partial charge >= 0.3 is 0 Å². The van der Waals surface area contributed by atoms with E-state index in [1.165, 1.54) is 22.3 Å². The van der Waals surface area contributed by atoms with E-state index in [1.807, 2.05) is 6.92 Å². The van der Waals surface area contributed by atoms with Crippen molar-refractivity contribution in [2.75, 3.05) is 0 Å². The summed E-state index contributed by atoms with van der Waals surface area (Å²) >= 11 is 0. The largest absolute Gasteiger partial charge is 0.393 e. The Morgan fingerprint density at radius 2 is 1.29 bits per heavy atom. The third-order valence-corrected chi connectivity index (χ3v) is 4.12. The third-order valence-electron chi connectivity index (χ3n) is 4.12. The van der Waals surface area contributed by atoms with Crippen molar-refractivity contribution < 1.29 is 5.11 Å². The van der Waals surface area contributed by atoms with Crippen LogP contribution in [-0.2, 0) is 0 Å². The molecule has 0 amide bonds. The predicted molar refractivity (Wildman–Crippen MR) is 109 cm³/mol. The summed E-state index contributed by atoms with van der Waals surface area (Å²) in [5.74, 6) is 0.440. The average molecular weight is 333 g/mol. The van der Waals surface area contributed by atoms with Crippen LogP contribution in [-0.4, -0.2) is 11.2 Å². The molecule has 2 atom stereocenters. The Balaban J connectivity index is 4.64. The molecule has 138 valence electrons. The van der Waals surface area contributed by atoms with Gasteiger partial charge in [0.1, 0.15) is 0 Å². The maximum absolute atomic E-state index is 9.79. The van der Waals surface area contributed by atoms with Gasteiger partial charge in [-0.2, -0.15) is 0 Å². The number of allylic oxidation sites excluding steroid dienone is 8. The summed E-state index contributed by atoms with van der Waals surface area (Å²) in [6, 6.07) is 0. The standard InChI is InChI=1S/C23H40O/c1-18(2)10-8-12-20(5)14-15-23(17-22(7)24)16-21(6)13-9-11-19(3)4/h10-11,14,16,22-24H,8-9,12-13,15,17H2,1-7H3. The highest BCUT2D eigenvalue weighted by Crippen LogP contribution is 2.20. The first-order chi connectivity index (χ1) is 11.2. The Kier molecular flexibility index (Phi) is 12.6. The lowest BCUT2D eigenvalue weighted by Crippen LogP contribution is -2.08.